The summed E-state index contributed by atoms with van der Waals surface area (Å²) in [6.45, 7) is 5.81. The van der Waals surface area contributed by atoms with Crippen LogP contribution >= 0.6 is 24.0 Å². The van der Waals surface area contributed by atoms with E-state index in [0.717, 1.165) is 6.54 Å². The largest absolute Gasteiger partial charge is 0.356 e. The monoisotopic (exact) mass is 484 g/mol. The van der Waals surface area contributed by atoms with Crippen LogP contribution in [0.4, 0.5) is 0 Å². The molecule has 0 bridgehead atoms. The molecule has 27 heavy (non-hydrogen) atoms. The quantitative estimate of drug-likeness (QED) is 0.305. The van der Waals surface area contributed by atoms with Crippen LogP contribution in [-0.4, -0.2) is 41.3 Å². The molecule has 148 valence electrons. The predicted octanol–water partition coefficient (Wildman–Crippen LogP) is 2.13. The van der Waals surface area contributed by atoms with E-state index in [4.69, 9.17) is 0 Å². The van der Waals surface area contributed by atoms with E-state index in [1.54, 1.807) is 13.2 Å². The molecule has 8 heteroatoms. The third kappa shape index (κ3) is 8.42. The van der Waals surface area contributed by atoms with Crippen molar-refractivity contribution in [2.24, 2.45) is 4.99 Å². The highest BCUT2D eigenvalue weighted by molar-refractivity contribution is 14.0. The van der Waals surface area contributed by atoms with Crippen LogP contribution in [0.15, 0.2) is 47.7 Å². The first-order valence-corrected chi connectivity index (χ1v) is 8.86. The molecule has 1 amide bonds. The van der Waals surface area contributed by atoms with Crippen molar-refractivity contribution in [3.8, 4) is 0 Å². The second-order valence-corrected chi connectivity index (χ2v) is 6.30. The number of aliphatic imine (C=N–C) groups is 1. The number of hydrogen-bond acceptors (Lipinski definition) is 3. The molecule has 0 radical (unpaired) electrons. The van der Waals surface area contributed by atoms with Crippen LogP contribution in [0.2, 0.25) is 0 Å². The minimum Gasteiger partial charge on any atom is -0.356 e. The Bertz CT molecular complexity index is 715. The molecule has 1 aromatic carbocycles. The van der Waals surface area contributed by atoms with Crippen LogP contribution in [0.25, 0.3) is 0 Å². The maximum atomic E-state index is 11.7. The van der Waals surface area contributed by atoms with Crippen LogP contribution in [0.5, 0.6) is 0 Å². The zero-order valence-electron chi connectivity index (χ0n) is 16.1. The predicted molar refractivity (Wildman–Crippen MR) is 119 cm³/mol. The van der Waals surface area contributed by atoms with E-state index in [-0.39, 0.29) is 35.9 Å². The summed E-state index contributed by atoms with van der Waals surface area (Å²) in [5.41, 5.74) is 2.39. The zero-order valence-corrected chi connectivity index (χ0v) is 18.4. The lowest BCUT2D eigenvalue weighted by atomic mass is 10.1. The first-order valence-electron chi connectivity index (χ1n) is 8.86. The van der Waals surface area contributed by atoms with Crippen molar-refractivity contribution in [2.45, 2.75) is 39.4 Å². The molecule has 7 nitrogen and oxygen atoms in total. The fourth-order valence-corrected chi connectivity index (χ4v) is 2.54. The van der Waals surface area contributed by atoms with E-state index in [1.807, 2.05) is 42.9 Å². The summed E-state index contributed by atoms with van der Waals surface area (Å²) < 4.78 is 1.90. The van der Waals surface area contributed by atoms with Gasteiger partial charge in [0.05, 0.1) is 6.54 Å². The summed E-state index contributed by atoms with van der Waals surface area (Å²) >= 11 is 0. The zero-order chi connectivity index (χ0) is 18.8. The first kappa shape index (κ1) is 22.9. The maximum absolute atomic E-state index is 11.7. The highest BCUT2D eigenvalue weighted by Crippen LogP contribution is 2.10. The minimum atomic E-state index is 0. The average molecular weight is 484 g/mol. The van der Waals surface area contributed by atoms with Gasteiger partial charge in [0.25, 0.3) is 0 Å². The number of halogens is 1. The highest BCUT2D eigenvalue weighted by atomic mass is 127. The van der Waals surface area contributed by atoms with E-state index in [9.17, 15) is 4.79 Å². The molecule has 0 aliphatic rings. The van der Waals surface area contributed by atoms with Crippen LogP contribution in [0.3, 0.4) is 0 Å². The molecule has 0 spiro atoms. The third-order valence-corrected chi connectivity index (χ3v) is 3.77. The number of benzene rings is 1. The SMILES string of the molecule is CN=C(NCCC(=O)NC(C)C)NCc1ccccc1Cn1cccn1.I. The number of nitrogens with zero attached hydrogens (tertiary/aromatic N) is 3. The molecule has 2 rings (SSSR count). The van der Waals surface area contributed by atoms with Gasteiger partial charge in [-0.2, -0.15) is 5.10 Å². The summed E-state index contributed by atoms with van der Waals surface area (Å²) in [5.74, 6) is 0.712. The molecule has 0 atom stereocenters. The molecule has 0 saturated carbocycles. The maximum Gasteiger partial charge on any atom is 0.221 e. The van der Waals surface area contributed by atoms with Crippen molar-refractivity contribution in [3.63, 3.8) is 0 Å². The number of carbonyl (C=O) groups is 1. The second kappa shape index (κ2) is 12.3. The molecular formula is C19H29IN6O. The van der Waals surface area contributed by atoms with E-state index in [0.29, 0.717) is 25.5 Å². The summed E-state index contributed by atoms with van der Waals surface area (Å²) in [4.78, 5) is 15.9. The molecular weight excluding hydrogens is 455 g/mol. The molecule has 0 unspecified atom stereocenters. The van der Waals surface area contributed by atoms with Crippen LogP contribution in [0.1, 0.15) is 31.4 Å². The van der Waals surface area contributed by atoms with Gasteiger partial charge < -0.3 is 16.0 Å². The molecule has 0 saturated heterocycles. The van der Waals surface area contributed by atoms with E-state index in [2.05, 4.69) is 38.2 Å². The Kier molecular flexibility index (Phi) is 10.5. The van der Waals surface area contributed by atoms with Crippen LogP contribution in [0, 0.1) is 0 Å². The second-order valence-electron chi connectivity index (χ2n) is 6.30. The smallest absolute Gasteiger partial charge is 0.221 e. The molecule has 0 aliphatic carbocycles. The topological polar surface area (TPSA) is 83.3 Å². The van der Waals surface area contributed by atoms with Gasteiger partial charge >= 0.3 is 0 Å². The molecule has 1 heterocycles. The first-order chi connectivity index (χ1) is 12.6. The van der Waals surface area contributed by atoms with Gasteiger partial charge in [0.15, 0.2) is 5.96 Å². The average Bonchev–Trinajstić information content (AvgIpc) is 3.11. The van der Waals surface area contributed by atoms with Crippen LogP contribution < -0.4 is 16.0 Å². The lowest BCUT2D eigenvalue weighted by Gasteiger charge is -2.15. The van der Waals surface area contributed by atoms with E-state index >= 15 is 0 Å². The van der Waals surface area contributed by atoms with Gasteiger partial charge in [-0.15, -0.1) is 24.0 Å². The van der Waals surface area contributed by atoms with Gasteiger partial charge in [-0.05, 0) is 31.0 Å². The number of guanidine groups is 1. The Morgan fingerprint density at radius 3 is 2.56 bits per heavy atom. The Balaban J connectivity index is 0.00000364. The van der Waals surface area contributed by atoms with Gasteiger partial charge in [-0.25, -0.2) is 0 Å². The number of nitrogens with one attached hydrogen (secondary N) is 3. The van der Waals surface area contributed by atoms with Crippen molar-refractivity contribution in [2.75, 3.05) is 13.6 Å². The van der Waals surface area contributed by atoms with Crippen molar-refractivity contribution in [1.82, 2.24) is 25.7 Å². The molecule has 2 aromatic rings. The summed E-state index contributed by atoms with van der Waals surface area (Å²) in [7, 11) is 1.72. The van der Waals surface area contributed by atoms with Crippen molar-refractivity contribution in [3.05, 3.63) is 53.9 Å². The molecule has 3 N–H and O–H groups in total. The van der Waals surface area contributed by atoms with Gasteiger partial charge in [0, 0.05) is 45.0 Å². The van der Waals surface area contributed by atoms with Gasteiger partial charge in [-0.3, -0.25) is 14.5 Å². The number of aromatic nitrogens is 2. The Hall–Kier alpha value is -2.10. The Morgan fingerprint density at radius 1 is 1.19 bits per heavy atom. The summed E-state index contributed by atoms with van der Waals surface area (Å²) in [5, 5.41) is 13.6. The summed E-state index contributed by atoms with van der Waals surface area (Å²) in [6, 6.07) is 10.3. The minimum absolute atomic E-state index is 0. The number of hydrogen-bond donors (Lipinski definition) is 3. The fraction of sp³-hybridized carbons (Fsp3) is 0.421. The van der Waals surface area contributed by atoms with Gasteiger partial charge in [-0.1, -0.05) is 24.3 Å². The van der Waals surface area contributed by atoms with Crippen LogP contribution in [-0.2, 0) is 17.9 Å². The van der Waals surface area contributed by atoms with Crippen molar-refractivity contribution in [1.29, 1.82) is 0 Å². The number of amides is 1. The Morgan fingerprint density at radius 2 is 1.93 bits per heavy atom. The highest BCUT2D eigenvalue weighted by Gasteiger charge is 2.06. The van der Waals surface area contributed by atoms with E-state index < -0.39 is 0 Å². The summed E-state index contributed by atoms with van der Waals surface area (Å²) in [6.07, 6.45) is 4.14. The number of carbonyl (C=O) groups excluding carboxylic acids is 1. The van der Waals surface area contributed by atoms with E-state index in [1.165, 1.54) is 11.1 Å². The lowest BCUT2D eigenvalue weighted by molar-refractivity contribution is -0.121. The van der Waals surface area contributed by atoms with Crippen molar-refractivity contribution < 1.29 is 4.79 Å². The Labute approximate surface area is 178 Å². The van der Waals surface area contributed by atoms with Crippen molar-refractivity contribution >= 4 is 35.8 Å². The fourth-order valence-electron chi connectivity index (χ4n) is 2.54. The normalized spacial score (nSPS) is 11.0. The molecule has 0 fully saturated rings. The standard InChI is InChI=1S/C19H28N6O.HI/c1-15(2)24-18(26)9-11-21-19(20-3)22-13-16-7-4-5-8-17(16)14-25-12-6-10-23-25;/h4-8,10,12,15H,9,11,13-14H2,1-3H3,(H,24,26)(H2,20,21,22);1H. The molecule has 1 aromatic heterocycles. The molecule has 0 aliphatic heterocycles. The van der Waals surface area contributed by atoms with Gasteiger partial charge in [0.1, 0.15) is 0 Å². The lowest BCUT2D eigenvalue weighted by Crippen LogP contribution is -2.39. The van der Waals surface area contributed by atoms with Gasteiger partial charge in [0.2, 0.25) is 5.91 Å². The third-order valence-electron chi connectivity index (χ3n) is 3.77. The number of rotatable bonds is 8.